The molecule has 3 rings (SSSR count). The lowest BCUT2D eigenvalue weighted by molar-refractivity contribution is -0.385. The summed E-state index contributed by atoms with van der Waals surface area (Å²) in [5.74, 6) is -1.93. The summed E-state index contributed by atoms with van der Waals surface area (Å²) in [6.07, 6.45) is 1.51. The first-order chi connectivity index (χ1) is 12.8. The van der Waals surface area contributed by atoms with Crippen molar-refractivity contribution >= 4 is 40.3 Å². The first-order valence-electron chi connectivity index (χ1n) is 7.72. The molecule has 0 bridgehead atoms. The molecule has 6 nitrogen and oxygen atoms in total. The zero-order valence-electron chi connectivity index (χ0n) is 14.3. The van der Waals surface area contributed by atoms with Crippen LogP contribution in [0.5, 0.6) is 0 Å². The van der Waals surface area contributed by atoms with Gasteiger partial charge in [-0.1, -0.05) is 12.1 Å². The van der Waals surface area contributed by atoms with E-state index in [-0.39, 0.29) is 27.4 Å². The Labute approximate surface area is 157 Å². The molecule has 138 valence electrons. The molecule has 0 saturated carbocycles. The Hall–Kier alpha value is -3.07. The molecule has 1 saturated heterocycles. The minimum Gasteiger partial charge on any atom is -0.290 e. The summed E-state index contributed by atoms with van der Waals surface area (Å²) in [4.78, 5) is 28.6. The summed E-state index contributed by atoms with van der Waals surface area (Å²) in [6.45, 7) is 1.63. The molecule has 1 fully saturated rings. The third-order valence-corrected chi connectivity index (χ3v) is 4.92. The number of nitro groups is 1. The summed E-state index contributed by atoms with van der Waals surface area (Å²) < 4.78 is 26.8. The summed E-state index contributed by atoms with van der Waals surface area (Å²) in [6, 6.07) is 7.61. The maximum Gasteiger partial charge on any atom is 0.272 e. The number of aliphatic imine (C=N–C) groups is 1. The second kappa shape index (κ2) is 7.28. The molecule has 0 N–H and O–H groups in total. The van der Waals surface area contributed by atoms with Gasteiger partial charge < -0.3 is 0 Å². The number of nitrogens with zero attached hydrogens (tertiary/aromatic N) is 3. The van der Waals surface area contributed by atoms with Crippen LogP contribution in [0.1, 0.15) is 11.1 Å². The van der Waals surface area contributed by atoms with Gasteiger partial charge in [0.05, 0.1) is 9.83 Å². The van der Waals surface area contributed by atoms with Crippen LogP contribution in [0, 0.1) is 28.7 Å². The molecule has 2 aromatic rings. The van der Waals surface area contributed by atoms with E-state index in [1.807, 2.05) is 0 Å². The molecule has 0 atom stereocenters. The summed E-state index contributed by atoms with van der Waals surface area (Å²) >= 11 is 1.01. The highest BCUT2D eigenvalue weighted by Gasteiger charge is 2.30. The van der Waals surface area contributed by atoms with Crippen LogP contribution in [0.2, 0.25) is 0 Å². The highest BCUT2D eigenvalue weighted by Crippen LogP contribution is 2.34. The Morgan fingerprint density at radius 1 is 1.22 bits per heavy atom. The van der Waals surface area contributed by atoms with E-state index < -0.39 is 16.6 Å². The minimum absolute atomic E-state index is 0.0459. The lowest BCUT2D eigenvalue weighted by Gasteiger charge is -2.07. The number of hydrogen-bond acceptors (Lipinski definition) is 5. The van der Waals surface area contributed by atoms with Crippen LogP contribution < -0.4 is 0 Å². The average Bonchev–Trinajstić information content (AvgIpc) is 2.87. The van der Waals surface area contributed by atoms with Gasteiger partial charge in [0, 0.05) is 24.7 Å². The van der Waals surface area contributed by atoms with Crippen molar-refractivity contribution < 1.29 is 18.5 Å². The van der Waals surface area contributed by atoms with Gasteiger partial charge >= 0.3 is 0 Å². The van der Waals surface area contributed by atoms with Crippen LogP contribution in [0.3, 0.4) is 0 Å². The number of rotatable bonds is 3. The molecule has 1 aliphatic heterocycles. The van der Waals surface area contributed by atoms with E-state index in [1.54, 1.807) is 19.1 Å². The van der Waals surface area contributed by atoms with Crippen molar-refractivity contribution in [2.45, 2.75) is 6.92 Å². The molecular formula is C18H13F2N3O3S. The van der Waals surface area contributed by atoms with Crippen molar-refractivity contribution in [3.8, 4) is 0 Å². The zero-order chi connectivity index (χ0) is 19.7. The standard InChI is InChI=1S/C18H13F2N3O3S/c1-10-3-4-11(7-15(10)23(25)26)8-16-17(24)22(2)18(27-16)21-14-6-5-12(19)9-13(14)20/h3-9H,1-2H3/b16-8+,21-18?. The predicted molar refractivity (Wildman–Crippen MR) is 99.6 cm³/mol. The molecule has 0 radical (unpaired) electrons. The Balaban J connectivity index is 1.94. The van der Waals surface area contributed by atoms with E-state index in [0.717, 1.165) is 17.8 Å². The number of hydrogen-bond donors (Lipinski definition) is 0. The largest absolute Gasteiger partial charge is 0.290 e. The summed E-state index contributed by atoms with van der Waals surface area (Å²) in [7, 11) is 1.48. The molecule has 0 unspecified atom stereocenters. The lowest BCUT2D eigenvalue weighted by Crippen LogP contribution is -2.23. The Morgan fingerprint density at radius 2 is 1.96 bits per heavy atom. The lowest BCUT2D eigenvalue weighted by atomic mass is 10.1. The minimum atomic E-state index is -0.837. The molecular weight excluding hydrogens is 376 g/mol. The Morgan fingerprint density at radius 3 is 2.63 bits per heavy atom. The zero-order valence-corrected chi connectivity index (χ0v) is 15.1. The number of thioether (sulfide) groups is 1. The van der Waals surface area contributed by atoms with Gasteiger partial charge in [-0.25, -0.2) is 13.8 Å². The molecule has 0 aromatic heterocycles. The molecule has 1 amide bonds. The van der Waals surface area contributed by atoms with Gasteiger partial charge in [0.25, 0.3) is 11.6 Å². The van der Waals surface area contributed by atoms with Crippen LogP contribution >= 0.6 is 11.8 Å². The van der Waals surface area contributed by atoms with Gasteiger partial charge in [-0.05, 0) is 42.5 Å². The number of amides is 1. The van der Waals surface area contributed by atoms with E-state index in [1.165, 1.54) is 30.2 Å². The van der Waals surface area contributed by atoms with E-state index in [2.05, 4.69) is 4.99 Å². The molecule has 0 spiro atoms. The van der Waals surface area contributed by atoms with Crippen molar-refractivity contribution in [1.29, 1.82) is 0 Å². The van der Waals surface area contributed by atoms with Crippen LogP contribution in [0.4, 0.5) is 20.2 Å². The van der Waals surface area contributed by atoms with Crippen molar-refractivity contribution in [3.05, 3.63) is 74.2 Å². The summed E-state index contributed by atoms with van der Waals surface area (Å²) in [5.41, 5.74) is 0.866. The SMILES string of the molecule is Cc1ccc(/C=C2/SC(=Nc3ccc(F)cc3F)N(C)C2=O)cc1[N+](=O)[O-]. The summed E-state index contributed by atoms with van der Waals surface area (Å²) in [5, 5.41) is 11.3. The quantitative estimate of drug-likeness (QED) is 0.443. The fourth-order valence-corrected chi connectivity index (χ4v) is 3.37. The monoisotopic (exact) mass is 389 g/mol. The average molecular weight is 389 g/mol. The third kappa shape index (κ3) is 3.87. The number of aryl methyl sites for hydroxylation is 1. The molecule has 1 heterocycles. The first-order valence-corrected chi connectivity index (χ1v) is 8.54. The molecule has 27 heavy (non-hydrogen) atoms. The predicted octanol–water partition coefficient (Wildman–Crippen LogP) is 4.42. The van der Waals surface area contributed by atoms with Gasteiger partial charge in [0.2, 0.25) is 0 Å². The number of amidine groups is 1. The van der Waals surface area contributed by atoms with Crippen LogP contribution in [-0.2, 0) is 4.79 Å². The topological polar surface area (TPSA) is 75.8 Å². The van der Waals surface area contributed by atoms with Gasteiger partial charge in [-0.2, -0.15) is 0 Å². The number of benzene rings is 2. The second-order valence-electron chi connectivity index (χ2n) is 5.77. The van der Waals surface area contributed by atoms with Gasteiger partial charge in [-0.15, -0.1) is 0 Å². The number of likely N-dealkylation sites (N-methyl/N-ethyl adjacent to an activating group) is 1. The smallest absolute Gasteiger partial charge is 0.272 e. The molecule has 0 aliphatic carbocycles. The van der Waals surface area contributed by atoms with Crippen molar-refractivity contribution in [2.24, 2.45) is 4.99 Å². The van der Waals surface area contributed by atoms with E-state index in [9.17, 15) is 23.7 Å². The van der Waals surface area contributed by atoms with Crippen molar-refractivity contribution in [1.82, 2.24) is 4.90 Å². The Kier molecular flexibility index (Phi) is 5.04. The number of carbonyl (C=O) groups is 1. The third-order valence-electron chi connectivity index (χ3n) is 3.86. The molecule has 9 heteroatoms. The van der Waals surface area contributed by atoms with Crippen LogP contribution in [0.15, 0.2) is 46.3 Å². The first kappa shape index (κ1) is 18.7. The van der Waals surface area contributed by atoms with Crippen molar-refractivity contribution in [3.63, 3.8) is 0 Å². The maximum absolute atomic E-state index is 13.8. The highest BCUT2D eigenvalue weighted by atomic mass is 32.2. The fourth-order valence-electron chi connectivity index (χ4n) is 2.39. The fraction of sp³-hybridized carbons (Fsp3) is 0.111. The highest BCUT2D eigenvalue weighted by molar-refractivity contribution is 8.18. The van der Waals surface area contributed by atoms with Gasteiger partial charge in [0.15, 0.2) is 11.0 Å². The van der Waals surface area contributed by atoms with Crippen LogP contribution in [-0.4, -0.2) is 27.9 Å². The van der Waals surface area contributed by atoms with E-state index in [4.69, 9.17) is 0 Å². The van der Waals surface area contributed by atoms with E-state index in [0.29, 0.717) is 17.2 Å². The maximum atomic E-state index is 13.8. The van der Waals surface area contributed by atoms with Gasteiger partial charge in [0.1, 0.15) is 11.5 Å². The molecule has 1 aliphatic rings. The normalized spacial score (nSPS) is 17.2. The number of halogens is 2. The van der Waals surface area contributed by atoms with Crippen LogP contribution in [0.25, 0.3) is 6.08 Å². The molecule has 2 aromatic carbocycles. The Bertz CT molecular complexity index is 1020. The van der Waals surface area contributed by atoms with Crippen molar-refractivity contribution in [2.75, 3.05) is 7.05 Å². The van der Waals surface area contributed by atoms with E-state index >= 15 is 0 Å². The second-order valence-corrected chi connectivity index (χ2v) is 6.78. The number of carbonyl (C=O) groups excluding carboxylic acids is 1. The number of nitro benzene ring substituents is 1. The van der Waals surface area contributed by atoms with Gasteiger partial charge in [-0.3, -0.25) is 19.8 Å².